The zero-order valence-electron chi connectivity index (χ0n) is 12.5. The maximum atomic E-state index is 12.8. The van der Waals surface area contributed by atoms with Crippen LogP contribution in [0.4, 0.5) is 0 Å². The van der Waals surface area contributed by atoms with Gasteiger partial charge in [0.25, 0.3) is 0 Å². The van der Waals surface area contributed by atoms with Gasteiger partial charge in [-0.2, -0.15) is 0 Å². The number of allylic oxidation sites excluding steroid dienone is 1. The van der Waals surface area contributed by atoms with Gasteiger partial charge >= 0.3 is 0 Å². The van der Waals surface area contributed by atoms with Crippen molar-refractivity contribution >= 4 is 17.1 Å². The van der Waals surface area contributed by atoms with Crippen LogP contribution < -0.4 is 0 Å². The number of fused-ring (bicyclic) bond motifs is 1. The normalized spacial score (nSPS) is 21.2. The van der Waals surface area contributed by atoms with Crippen LogP contribution in [0.1, 0.15) is 30.4 Å². The Morgan fingerprint density at radius 3 is 2.18 bits per heavy atom. The van der Waals surface area contributed by atoms with E-state index >= 15 is 0 Å². The van der Waals surface area contributed by atoms with Crippen molar-refractivity contribution in [1.29, 1.82) is 0 Å². The van der Waals surface area contributed by atoms with Crippen LogP contribution >= 0.6 is 0 Å². The van der Waals surface area contributed by atoms with Gasteiger partial charge in [-0.1, -0.05) is 60.7 Å². The lowest BCUT2D eigenvalue weighted by Gasteiger charge is -2.35. The fourth-order valence-corrected chi connectivity index (χ4v) is 3.74. The average molecular weight is 289 g/mol. The number of carbonyl (C=O) groups excluding carboxylic acids is 1. The average Bonchev–Trinajstić information content (AvgIpc) is 3.03. The number of hydrogen-bond acceptors (Lipinski definition) is 2. The van der Waals surface area contributed by atoms with Crippen LogP contribution in [0.25, 0.3) is 11.3 Å². The predicted molar refractivity (Wildman–Crippen MR) is 89.1 cm³/mol. The molecular weight excluding hydrogens is 270 g/mol. The molecule has 2 aromatic carbocycles. The fraction of sp³-hybridized carbons (Fsp3) is 0.250. The molecule has 110 valence electrons. The van der Waals surface area contributed by atoms with Crippen LogP contribution in [-0.4, -0.2) is 23.3 Å². The van der Waals surface area contributed by atoms with Gasteiger partial charge in [0.15, 0.2) is 5.78 Å². The Labute approximate surface area is 131 Å². The first-order chi connectivity index (χ1) is 10.8. The molecule has 4 rings (SSSR count). The molecule has 1 fully saturated rings. The third-order valence-corrected chi connectivity index (χ3v) is 4.71. The molecule has 0 aliphatic carbocycles. The number of rotatable bonds is 2. The van der Waals surface area contributed by atoms with Crippen LogP contribution in [0.5, 0.6) is 0 Å². The van der Waals surface area contributed by atoms with E-state index < -0.39 is 0 Å². The van der Waals surface area contributed by atoms with E-state index in [0.29, 0.717) is 12.5 Å². The van der Waals surface area contributed by atoms with Gasteiger partial charge in [-0.25, -0.2) is 0 Å². The van der Waals surface area contributed by atoms with E-state index in [9.17, 15) is 4.79 Å². The Morgan fingerprint density at radius 1 is 0.864 bits per heavy atom. The van der Waals surface area contributed by atoms with E-state index in [1.54, 1.807) is 0 Å². The van der Waals surface area contributed by atoms with E-state index in [4.69, 9.17) is 0 Å². The van der Waals surface area contributed by atoms with Crippen LogP contribution in [0.3, 0.4) is 0 Å². The molecule has 0 saturated carbocycles. The third kappa shape index (κ3) is 2.16. The van der Waals surface area contributed by atoms with Gasteiger partial charge in [0.1, 0.15) is 0 Å². The Balaban J connectivity index is 1.95. The van der Waals surface area contributed by atoms with E-state index in [2.05, 4.69) is 29.2 Å². The first kappa shape index (κ1) is 13.3. The van der Waals surface area contributed by atoms with Crippen LogP contribution in [0.15, 0.2) is 60.7 Å². The fourth-order valence-electron chi connectivity index (χ4n) is 3.74. The van der Waals surface area contributed by atoms with E-state index in [1.165, 1.54) is 6.42 Å². The molecule has 2 aromatic rings. The lowest BCUT2D eigenvalue weighted by atomic mass is 9.88. The molecular formula is C20H19NO. The van der Waals surface area contributed by atoms with Crippen molar-refractivity contribution in [2.24, 2.45) is 0 Å². The standard InChI is InChI=1S/C20H19NO/c22-18-14-17-12-7-13-21(17)20(16-10-5-2-6-11-16)19(18)15-8-3-1-4-9-15/h1-6,8-11,17H,7,12-14H2. The highest BCUT2D eigenvalue weighted by atomic mass is 16.1. The van der Waals surface area contributed by atoms with E-state index in [-0.39, 0.29) is 5.78 Å². The zero-order chi connectivity index (χ0) is 14.9. The second-order valence-electron chi connectivity index (χ2n) is 6.07. The second kappa shape index (κ2) is 5.45. The second-order valence-corrected chi connectivity index (χ2v) is 6.07. The van der Waals surface area contributed by atoms with Crippen molar-refractivity contribution < 1.29 is 4.79 Å². The first-order valence-electron chi connectivity index (χ1n) is 7.99. The van der Waals surface area contributed by atoms with Crippen molar-refractivity contribution in [3.63, 3.8) is 0 Å². The van der Waals surface area contributed by atoms with Gasteiger partial charge in [0.05, 0.1) is 5.70 Å². The van der Waals surface area contributed by atoms with Gasteiger partial charge in [0, 0.05) is 24.6 Å². The highest BCUT2D eigenvalue weighted by Gasteiger charge is 2.37. The van der Waals surface area contributed by atoms with Gasteiger partial charge in [-0.3, -0.25) is 4.79 Å². The molecule has 1 unspecified atom stereocenters. The molecule has 2 aliphatic rings. The minimum atomic E-state index is 0.285. The Morgan fingerprint density at radius 2 is 1.50 bits per heavy atom. The topological polar surface area (TPSA) is 20.3 Å². The summed E-state index contributed by atoms with van der Waals surface area (Å²) in [7, 11) is 0. The summed E-state index contributed by atoms with van der Waals surface area (Å²) in [4.78, 5) is 15.3. The van der Waals surface area contributed by atoms with Gasteiger partial charge in [-0.15, -0.1) is 0 Å². The summed E-state index contributed by atoms with van der Waals surface area (Å²) in [6, 6.07) is 20.9. The number of Topliss-reactive ketones (excluding diaryl/α,β-unsaturated/α-hetero) is 1. The number of nitrogens with zero attached hydrogens (tertiary/aromatic N) is 1. The summed E-state index contributed by atoms with van der Waals surface area (Å²) in [5.41, 5.74) is 4.22. The molecule has 0 aromatic heterocycles. The summed E-state index contributed by atoms with van der Waals surface area (Å²) < 4.78 is 0. The summed E-state index contributed by atoms with van der Waals surface area (Å²) in [5, 5.41) is 0. The summed E-state index contributed by atoms with van der Waals surface area (Å²) >= 11 is 0. The Hall–Kier alpha value is -2.35. The van der Waals surface area contributed by atoms with Crippen molar-refractivity contribution in [3.8, 4) is 0 Å². The van der Waals surface area contributed by atoms with Crippen molar-refractivity contribution in [2.45, 2.75) is 25.3 Å². The van der Waals surface area contributed by atoms with Gasteiger partial charge < -0.3 is 4.90 Å². The SMILES string of the molecule is O=C1CC2CCCN2C(c2ccccc2)=C1c1ccccc1. The Bertz CT molecular complexity index is 718. The number of carbonyl (C=O) groups is 1. The van der Waals surface area contributed by atoms with Crippen LogP contribution in [0.2, 0.25) is 0 Å². The number of hydrogen-bond donors (Lipinski definition) is 0. The minimum Gasteiger partial charge on any atom is -0.367 e. The molecule has 0 radical (unpaired) electrons. The molecule has 2 heteroatoms. The summed E-state index contributed by atoms with van der Waals surface area (Å²) in [5.74, 6) is 0.285. The molecule has 2 nitrogen and oxygen atoms in total. The molecule has 0 amide bonds. The highest BCUT2D eigenvalue weighted by Crippen LogP contribution is 2.40. The first-order valence-corrected chi connectivity index (χ1v) is 7.99. The lowest BCUT2D eigenvalue weighted by molar-refractivity contribution is -0.114. The predicted octanol–water partition coefficient (Wildman–Crippen LogP) is 3.99. The van der Waals surface area contributed by atoms with E-state index in [1.807, 2.05) is 36.4 Å². The lowest BCUT2D eigenvalue weighted by Crippen LogP contribution is -2.36. The molecule has 22 heavy (non-hydrogen) atoms. The minimum absolute atomic E-state index is 0.285. The third-order valence-electron chi connectivity index (χ3n) is 4.71. The van der Waals surface area contributed by atoms with E-state index in [0.717, 1.165) is 35.4 Å². The van der Waals surface area contributed by atoms with Crippen LogP contribution in [0, 0.1) is 0 Å². The molecule has 0 spiro atoms. The molecule has 0 N–H and O–H groups in total. The van der Waals surface area contributed by atoms with Gasteiger partial charge in [-0.05, 0) is 24.0 Å². The largest absolute Gasteiger partial charge is 0.367 e. The van der Waals surface area contributed by atoms with Crippen molar-refractivity contribution in [1.82, 2.24) is 4.90 Å². The zero-order valence-corrected chi connectivity index (χ0v) is 12.5. The van der Waals surface area contributed by atoms with Crippen molar-refractivity contribution in [3.05, 3.63) is 71.8 Å². The molecule has 0 bridgehead atoms. The molecule has 2 aliphatic heterocycles. The maximum absolute atomic E-state index is 12.8. The quantitative estimate of drug-likeness (QED) is 0.833. The summed E-state index contributed by atoms with van der Waals surface area (Å²) in [6.45, 7) is 1.05. The smallest absolute Gasteiger partial charge is 0.167 e. The molecule has 2 heterocycles. The molecule has 1 atom stereocenters. The Kier molecular flexibility index (Phi) is 3.30. The number of ketones is 1. The van der Waals surface area contributed by atoms with Gasteiger partial charge in [0.2, 0.25) is 0 Å². The molecule has 1 saturated heterocycles. The maximum Gasteiger partial charge on any atom is 0.167 e. The van der Waals surface area contributed by atoms with Crippen LogP contribution in [-0.2, 0) is 4.79 Å². The highest BCUT2D eigenvalue weighted by molar-refractivity contribution is 6.28. The summed E-state index contributed by atoms with van der Waals surface area (Å²) in [6.07, 6.45) is 2.96. The van der Waals surface area contributed by atoms with Crippen molar-refractivity contribution in [2.75, 3.05) is 6.54 Å². The number of benzene rings is 2. The monoisotopic (exact) mass is 289 g/mol.